The Bertz CT molecular complexity index is 699. The SMILES string of the molecule is O=S(=O)(c1ccc(-n2cnnn2)cc1)N1CCC[C@@H]1CO. The highest BCUT2D eigenvalue weighted by molar-refractivity contribution is 7.89. The maximum absolute atomic E-state index is 12.6. The number of aliphatic hydroxyl groups is 1. The summed E-state index contributed by atoms with van der Waals surface area (Å²) in [6.45, 7) is 0.296. The predicted molar refractivity (Wildman–Crippen MR) is 73.2 cm³/mol. The molecule has 1 saturated heterocycles. The molecule has 8 nitrogen and oxygen atoms in total. The smallest absolute Gasteiger partial charge is 0.243 e. The quantitative estimate of drug-likeness (QED) is 0.840. The number of sulfonamides is 1. The Balaban J connectivity index is 1.89. The molecule has 21 heavy (non-hydrogen) atoms. The minimum atomic E-state index is -3.57. The van der Waals surface area contributed by atoms with Crippen molar-refractivity contribution in [3.63, 3.8) is 0 Å². The number of aromatic nitrogens is 4. The average Bonchev–Trinajstić information content (AvgIpc) is 3.18. The van der Waals surface area contributed by atoms with Crippen LogP contribution < -0.4 is 0 Å². The van der Waals surface area contributed by atoms with Crippen LogP contribution in [0.4, 0.5) is 0 Å². The number of hydrogen-bond donors (Lipinski definition) is 1. The molecule has 1 fully saturated rings. The molecule has 1 aliphatic rings. The van der Waals surface area contributed by atoms with Crippen molar-refractivity contribution in [2.75, 3.05) is 13.2 Å². The molecule has 1 atom stereocenters. The number of rotatable bonds is 4. The van der Waals surface area contributed by atoms with Crippen LogP contribution in [0.3, 0.4) is 0 Å². The first-order valence-electron chi connectivity index (χ1n) is 6.59. The van der Waals surface area contributed by atoms with Crippen molar-refractivity contribution in [2.45, 2.75) is 23.8 Å². The van der Waals surface area contributed by atoms with Crippen LogP contribution in [0.1, 0.15) is 12.8 Å². The number of tetrazole rings is 1. The minimum absolute atomic E-state index is 0.151. The predicted octanol–water partition coefficient (Wildman–Crippen LogP) is -0.192. The molecule has 1 N–H and O–H groups in total. The molecule has 2 heterocycles. The number of aliphatic hydroxyl groups excluding tert-OH is 1. The molecular formula is C12H15N5O3S. The van der Waals surface area contributed by atoms with Gasteiger partial charge in [-0.1, -0.05) is 0 Å². The molecule has 0 bridgehead atoms. The fourth-order valence-corrected chi connectivity index (χ4v) is 4.18. The molecule has 0 saturated carbocycles. The van der Waals surface area contributed by atoms with Crippen molar-refractivity contribution in [3.05, 3.63) is 30.6 Å². The second kappa shape index (κ2) is 5.51. The lowest BCUT2D eigenvalue weighted by molar-refractivity contribution is 0.213. The summed E-state index contributed by atoms with van der Waals surface area (Å²) in [4.78, 5) is 0.208. The van der Waals surface area contributed by atoms with Crippen LogP contribution in [-0.4, -0.2) is 57.2 Å². The molecule has 0 spiro atoms. The molecule has 0 radical (unpaired) electrons. The van der Waals surface area contributed by atoms with Crippen molar-refractivity contribution < 1.29 is 13.5 Å². The zero-order valence-electron chi connectivity index (χ0n) is 11.2. The highest BCUT2D eigenvalue weighted by Gasteiger charge is 2.34. The summed E-state index contributed by atoms with van der Waals surface area (Å²) in [5.41, 5.74) is 0.680. The Labute approximate surface area is 122 Å². The molecular weight excluding hydrogens is 294 g/mol. The van der Waals surface area contributed by atoms with E-state index in [4.69, 9.17) is 0 Å². The maximum atomic E-state index is 12.6. The van der Waals surface area contributed by atoms with Gasteiger partial charge in [-0.15, -0.1) is 5.10 Å². The van der Waals surface area contributed by atoms with Gasteiger partial charge in [0.1, 0.15) is 6.33 Å². The van der Waals surface area contributed by atoms with Crippen LogP contribution >= 0.6 is 0 Å². The standard InChI is InChI=1S/C12H15N5O3S/c18-8-11-2-1-7-17(11)21(19,20)12-5-3-10(4-6-12)16-9-13-14-15-16/h3-6,9,11,18H,1-2,7-8H2/t11-/m1/s1. The van der Waals surface area contributed by atoms with Crippen LogP contribution in [0, 0.1) is 0 Å². The molecule has 3 rings (SSSR count). The van der Waals surface area contributed by atoms with Gasteiger partial charge in [-0.3, -0.25) is 0 Å². The van der Waals surface area contributed by atoms with Crippen LogP contribution in [0.15, 0.2) is 35.5 Å². The van der Waals surface area contributed by atoms with Gasteiger partial charge in [0, 0.05) is 12.6 Å². The Morgan fingerprint density at radius 3 is 2.67 bits per heavy atom. The van der Waals surface area contributed by atoms with Gasteiger partial charge in [0.2, 0.25) is 10.0 Å². The summed E-state index contributed by atoms with van der Waals surface area (Å²) in [5, 5.41) is 20.1. The van der Waals surface area contributed by atoms with E-state index in [0.29, 0.717) is 18.7 Å². The van der Waals surface area contributed by atoms with Gasteiger partial charge < -0.3 is 5.11 Å². The van der Waals surface area contributed by atoms with E-state index in [9.17, 15) is 13.5 Å². The average molecular weight is 309 g/mol. The van der Waals surface area contributed by atoms with E-state index < -0.39 is 10.0 Å². The normalized spacial score (nSPS) is 20.0. The van der Waals surface area contributed by atoms with Crippen molar-refractivity contribution in [1.82, 2.24) is 24.5 Å². The van der Waals surface area contributed by atoms with Crippen molar-refractivity contribution in [1.29, 1.82) is 0 Å². The summed E-state index contributed by atoms with van der Waals surface area (Å²) in [7, 11) is -3.57. The lowest BCUT2D eigenvalue weighted by atomic mass is 10.2. The van der Waals surface area contributed by atoms with E-state index >= 15 is 0 Å². The molecule has 0 aliphatic carbocycles. The van der Waals surface area contributed by atoms with Crippen molar-refractivity contribution >= 4 is 10.0 Å². The van der Waals surface area contributed by atoms with Crippen molar-refractivity contribution in [3.8, 4) is 5.69 Å². The van der Waals surface area contributed by atoms with Crippen LogP contribution in [0.25, 0.3) is 5.69 Å². The molecule has 0 unspecified atom stereocenters. The molecule has 112 valence electrons. The van der Waals surface area contributed by atoms with Gasteiger partial charge in [-0.05, 0) is 47.5 Å². The lowest BCUT2D eigenvalue weighted by Gasteiger charge is -2.22. The summed E-state index contributed by atoms with van der Waals surface area (Å²) in [6, 6.07) is 6.02. The van der Waals surface area contributed by atoms with Gasteiger partial charge in [0.05, 0.1) is 17.2 Å². The second-order valence-corrected chi connectivity index (χ2v) is 6.73. The number of benzene rings is 1. The molecule has 2 aromatic rings. The largest absolute Gasteiger partial charge is 0.395 e. The third-order valence-corrected chi connectivity index (χ3v) is 5.56. The molecule has 1 aliphatic heterocycles. The van der Waals surface area contributed by atoms with Gasteiger partial charge in [0.25, 0.3) is 0 Å². The summed E-state index contributed by atoms with van der Waals surface area (Å²) in [6.07, 6.45) is 2.90. The Kier molecular flexibility index (Phi) is 3.70. The maximum Gasteiger partial charge on any atom is 0.243 e. The van der Waals surface area contributed by atoms with Crippen molar-refractivity contribution in [2.24, 2.45) is 0 Å². The van der Waals surface area contributed by atoms with Gasteiger partial charge >= 0.3 is 0 Å². The number of hydrogen-bond acceptors (Lipinski definition) is 6. The van der Waals surface area contributed by atoms with E-state index in [2.05, 4.69) is 15.5 Å². The number of nitrogens with zero attached hydrogens (tertiary/aromatic N) is 5. The highest BCUT2D eigenvalue weighted by Crippen LogP contribution is 2.26. The molecule has 9 heteroatoms. The first-order valence-corrected chi connectivity index (χ1v) is 8.03. The molecule has 0 amide bonds. The summed E-state index contributed by atoms with van der Waals surface area (Å²) in [5.74, 6) is 0. The Morgan fingerprint density at radius 2 is 2.05 bits per heavy atom. The third kappa shape index (κ3) is 2.55. The Hall–Kier alpha value is -1.84. The summed E-state index contributed by atoms with van der Waals surface area (Å²) < 4.78 is 28.0. The first-order chi connectivity index (χ1) is 10.1. The zero-order chi connectivity index (χ0) is 14.9. The van der Waals surface area contributed by atoms with Crippen LogP contribution in [0.2, 0.25) is 0 Å². The first kappa shape index (κ1) is 14.1. The van der Waals surface area contributed by atoms with E-state index in [-0.39, 0.29) is 17.5 Å². The topological polar surface area (TPSA) is 101 Å². The van der Waals surface area contributed by atoms with Gasteiger partial charge in [-0.2, -0.15) is 4.31 Å². The lowest BCUT2D eigenvalue weighted by Crippen LogP contribution is -2.37. The fourth-order valence-electron chi connectivity index (χ4n) is 2.49. The monoisotopic (exact) mass is 309 g/mol. The second-order valence-electron chi connectivity index (χ2n) is 4.84. The minimum Gasteiger partial charge on any atom is -0.395 e. The van der Waals surface area contributed by atoms with E-state index in [1.54, 1.807) is 12.1 Å². The van der Waals surface area contributed by atoms with E-state index in [1.165, 1.54) is 27.4 Å². The molecule has 1 aromatic heterocycles. The highest BCUT2D eigenvalue weighted by atomic mass is 32.2. The summed E-state index contributed by atoms with van der Waals surface area (Å²) >= 11 is 0. The van der Waals surface area contributed by atoms with E-state index in [1.807, 2.05) is 0 Å². The fraction of sp³-hybridized carbons (Fsp3) is 0.417. The van der Waals surface area contributed by atoms with Crippen LogP contribution in [0.5, 0.6) is 0 Å². The van der Waals surface area contributed by atoms with E-state index in [0.717, 1.165) is 6.42 Å². The Morgan fingerprint density at radius 1 is 1.29 bits per heavy atom. The third-order valence-electron chi connectivity index (χ3n) is 3.59. The van der Waals surface area contributed by atoms with Gasteiger partial charge in [-0.25, -0.2) is 13.1 Å². The zero-order valence-corrected chi connectivity index (χ0v) is 12.0. The molecule has 1 aromatic carbocycles. The van der Waals surface area contributed by atoms with Crippen LogP contribution in [-0.2, 0) is 10.0 Å². The van der Waals surface area contributed by atoms with Gasteiger partial charge in [0.15, 0.2) is 0 Å².